The van der Waals surface area contributed by atoms with E-state index in [0.717, 1.165) is 10.7 Å². The average molecular weight is 253 g/mol. The predicted molar refractivity (Wildman–Crippen MR) is 58.5 cm³/mol. The van der Waals surface area contributed by atoms with Crippen molar-refractivity contribution in [3.63, 3.8) is 0 Å². The van der Waals surface area contributed by atoms with E-state index in [9.17, 15) is 13.6 Å². The Morgan fingerprint density at radius 2 is 2.17 bits per heavy atom. The van der Waals surface area contributed by atoms with E-state index in [1.165, 1.54) is 19.3 Å². The molecule has 18 heavy (non-hydrogen) atoms. The van der Waals surface area contributed by atoms with Gasteiger partial charge in [-0.2, -0.15) is 4.68 Å². The molecule has 0 radical (unpaired) electrons. The number of pyridine rings is 1. The van der Waals surface area contributed by atoms with E-state index in [4.69, 9.17) is 5.73 Å². The van der Waals surface area contributed by atoms with Crippen molar-refractivity contribution in [2.45, 2.75) is 13.3 Å². The Morgan fingerprint density at radius 1 is 1.44 bits per heavy atom. The molecule has 2 aromatic heterocycles. The van der Waals surface area contributed by atoms with Crippen LogP contribution < -0.4 is 5.73 Å². The minimum Gasteiger partial charge on any atom is -0.397 e. The first kappa shape index (κ1) is 12.1. The smallest absolute Gasteiger partial charge is 0.267 e. The summed E-state index contributed by atoms with van der Waals surface area (Å²) < 4.78 is 26.8. The topological polar surface area (TPSA) is 86.7 Å². The number of halogens is 2. The van der Waals surface area contributed by atoms with Gasteiger partial charge >= 0.3 is 0 Å². The van der Waals surface area contributed by atoms with Gasteiger partial charge in [-0.25, -0.2) is 13.8 Å². The van der Waals surface area contributed by atoms with Crippen molar-refractivity contribution in [3.05, 3.63) is 29.7 Å². The summed E-state index contributed by atoms with van der Waals surface area (Å²) in [6.45, 7) is 1.29. The van der Waals surface area contributed by atoms with Gasteiger partial charge in [0.15, 0.2) is 11.6 Å². The number of ketones is 1. The molecule has 0 saturated carbocycles. The number of nitrogens with zero attached hydrogens (tertiary/aromatic N) is 4. The van der Waals surface area contributed by atoms with Crippen LogP contribution in [0.4, 0.5) is 14.5 Å². The Kier molecular flexibility index (Phi) is 3.00. The first-order chi connectivity index (χ1) is 8.50. The van der Waals surface area contributed by atoms with E-state index >= 15 is 0 Å². The monoisotopic (exact) mass is 253 g/mol. The highest BCUT2D eigenvalue weighted by Gasteiger charge is 2.20. The molecule has 2 rings (SSSR count). The molecule has 94 valence electrons. The van der Waals surface area contributed by atoms with Crippen LogP contribution in [0.3, 0.4) is 0 Å². The van der Waals surface area contributed by atoms with Gasteiger partial charge in [-0.3, -0.25) is 4.79 Å². The first-order valence-corrected chi connectivity index (χ1v) is 4.96. The fourth-order valence-electron chi connectivity index (χ4n) is 1.46. The van der Waals surface area contributed by atoms with Crippen LogP contribution in [-0.4, -0.2) is 25.8 Å². The second-order valence-corrected chi connectivity index (χ2v) is 3.57. The summed E-state index contributed by atoms with van der Waals surface area (Å²) in [5, 5.41) is 7.11. The highest BCUT2D eigenvalue weighted by molar-refractivity contribution is 5.92. The molecule has 0 spiro atoms. The molecule has 2 N–H and O–H groups in total. The molecule has 2 heterocycles. The number of alkyl halides is 2. The summed E-state index contributed by atoms with van der Waals surface area (Å²) in [5.74, 6) is -0.499. The van der Waals surface area contributed by atoms with Crippen molar-refractivity contribution in [1.82, 2.24) is 20.0 Å². The molecule has 0 bridgehead atoms. The van der Waals surface area contributed by atoms with E-state index < -0.39 is 12.0 Å². The molecule has 0 aliphatic carbocycles. The fraction of sp³-hybridized carbons (Fsp3) is 0.200. The highest BCUT2D eigenvalue weighted by atomic mass is 19.3. The van der Waals surface area contributed by atoms with Crippen LogP contribution in [0.5, 0.6) is 0 Å². The van der Waals surface area contributed by atoms with Gasteiger partial charge in [-0.1, -0.05) is 5.21 Å². The lowest BCUT2D eigenvalue weighted by Crippen LogP contribution is -2.11. The first-order valence-electron chi connectivity index (χ1n) is 4.96. The van der Waals surface area contributed by atoms with Gasteiger partial charge in [0.05, 0.1) is 23.6 Å². The van der Waals surface area contributed by atoms with Gasteiger partial charge in [0.2, 0.25) is 0 Å². The molecular weight excluding hydrogens is 244 g/mol. The average Bonchev–Trinajstić information content (AvgIpc) is 2.77. The summed E-state index contributed by atoms with van der Waals surface area (Å²) >= 11 is 0. The van der Waals surface area contributed by atoms with Gasteiger partial charge in [-0.15, -0.1) is 5.10 Å². The molecule has 0 aliphatic heterocycles. The lowest BCUT2D eigenvalue weighted by Gasteiger charge is -2.09. The quantitative estimate of drug-likeness (QED) is 0.835. The Morgan fingerprint density at radius 3 is 2.78 bits per heavy atom. The molecule has 6 nitrogen and oxygen atoms in total. The van der Waals surface area contributed by atoms with Crippen molar-refractivity contribution in [1.29, 1.82) is 0 Å². The van der Waals surface area contributed by atoms with Crippen LogP contribution in [0.25, 0.3) is 5.82 Å². The Bertz CT molecular complexity index is 596. The van der Waals surface area contributed by atoms with Gasteiger partial charge in [0, 0.05) is 6.92 Å². The number of hydrogen-bond acceptors (Lipinski definition) is 5. The van der Waals surface area contributed by atoms with Gasteiger partial charge in [-0.05, 0) is 6.07 Å². The van der Waals surface area contributed by atoms with Crippen LogP contribution in [0, 0.1) is 0 Å². The molecular formula is C10H9F2N5O. The summed E-state index contributed by atoms with van der Waals surface area (Å²) in [6, 6.07) is 1.10. The maximum absolute atomic E-state index is 12.9. The molecule has 0 amide bonds. The minimum atomic E-state index is -2.78. The molecule has 0 atom stereocenters. The van der Waals surface area contributed by atoms with Gasteiger partial charge < -0.3 is 5.73 Å². The number of carbonyl (C=O) groups excluding carboxylic acids is 1. The van der Waals surface area contributed by atoms with Crippen molar-refractivity contribution in [2.75, 3.05) is 5.73 Å². The zero-order valence-corrected chi connectivity index (χ0v) is 9.34. The number of nitrogen functional groups attached to an aromatic ring is 1. The number of hydrogen-bond donors (Lipinski definition) is 1. The second-order valence-electron chi connectivity index (χ2n) is 3.57. The maximum atomic E-state index is 12.9. The number of Topliss-reactive ketones (excluding diaryl/α,β-unsaturated/α-hetero) is 1. The molecule has 0 aromatic carbocycles. The molecule has 0 aliphatic rings. The highest BCUT2D eigenvalue weighted by Crippen LogP contribution is 2.26. The van der Waals surface area contributed by atoms with Crippen molar-refractivity contribution >= 4 is 11.5 Å². The van der Waals surface area contributed by atoms with Crippen molar-refractivity contribution in [3.8, 4) is 5.82 Å². The normalized spacial score (nSPS) is 10.9. The standard InChI is InChI=1S/C10H9F2N5O/c1-5(18)8-4-15-16-17(8)10-7(9(11)12)2-6(13)3-14-10/h2-4,9H,13H2,1H3. The van der Waals surface area contributed by atoms with E-state index in [1.807, 2.05) is 0 Å². The SMILES string of the molecule is CC(=O)c1cnnn1-c1ncc(N)cc1C(F)F. The number of anilines is 1. The van der Waals surface area contributed by atoms with Crippen molar-refractivity contribution in [2.24, 2.45) is 0 Å². The summed E-state index contributed by atoms with van der Waals surface area (Å²) in [4.78, 5) is 15.1. The van der Waals surface area contributed by atoms with Crippen LogP contribution in [-0.2, 0) is 0 Å². The molecule has 0 unspecified atom stereocenters. The third kappa shape index (κ3) is 2.04. The second kappa shape index (κ2) is 4.47. The lowest BCUT2D eigenvalue weighted by atomic mass is 10.2. The maximum Gasteiger partial charge on any atom is 0.267 e. The molecule has 2 aromatic rings. The predicted octanol–water partition coefficient (Wildman–Crippen LogP) is 1.38. The van der Waals surface area contributed by atoms with Gasteiger partial charge in [0.1, 0.15) is 5.69 Å². The Balaban J connectivity index is 2.63. The van der Waals surface area contributed by atoms with Gasteiger partial charge in [0.25, 0.3) is 6.43 Å². The van der Waals surface area contributed by atoms with Crippen LogP contribution in [0.2, 0.25) is 0 Å². The number of aromatic nitrogens is 4. The summed E-state index contributed by atoms with van der Waals surface area (Å²) in [5.41, 5.74) is 5.20. The Hall–Kier alpha value is -2.38. The lowest BCUT2D eigenvalue weighted by molar-refractivity contribution is 0.100. The van der Waals surface area contributed by atoms with E-state index in [1.54, 1.807) is 0 Å². The molecule has 0 saturated heterocycles. The van der Waals surface area contributed by atoms with Crippen LogP contribution in [0.15, 0.2) is 18.5 Å². The zero-order valence-electron chi connectivity index (χ0n) is 9.34. The Labute approximate surface area is 100 Å². The van der Waals surface area contributed by atoms with Crippen LogP contribution in [0.1, 0.15) is 29.4 Å². The minimum absolute atomic E-state index is 0.0779. The van der Waals surface area contributed by atoms with E-state index in [0.29, 0.717) is 0 Å². The summed E-state index contributed by atoms with van der Waals surface area (Å²) in [7, 11) is 0. The van der Waals surface area contributed by atoms with E-state index in [-0.39, 0.29) is 23.0 Å². The number of nitrogens with two attached hydrogens (primary N) is 1. The number of carbonyl (C=O) groups is 1. The number of rotatable bonds is 3. The van der Waals surface area contributed by atoms with E-state index in [2.05, 4.69) is 15.3 Å². The van der Waals surface area contributed by atoms with Crippen LogP contribution >= 0.6 is 0 Å². The third-order valence-electron chi connectivity index (χ3n) is 2.26. The van der Waals surface area contributed by atoms with Crippen molar-refractivity contribution < 1.29 is 13.6 Å². The summed E-state index contributed by atoms with van der Waals surface area (Å²) in [6.07, 6.45) is -0.373. The molecule has 0 fully saturated rings. The largest absolute Gasteiger partial charge is 0.397 e. The fourth-order valence-corrected chi connectivity index (χ4v) is 1.46. The zero-order chi connectivity index (χ0) is 13.3. The molecule has 8 heteroatoms. The third-order valence-corrected chi connectivity index (χ3v) is 2.26.